The van der Waals surface area contributed by atoms with Gasteiger partial charge in [-0.05, 0) is 12.8 Å². The van der Waals surface area contributed by atoms with Crippen LogP contribution >= 0.6 is 0 Å². The summed E-state index contributed by atoms with van der Waals surface area (Å²) in [6, 6.07) is 0. The second-order valence-electron chi connectivity index (χ2n) is 8.72. The first kappa shape index (κ1) is 15.8. The zero-order valence-corrected chi connectivity index (χ0v) is 14.6. The van der Waals surface area contributed by atoms with Gasteiger partial charge in [0.25, 0.3) is 0 Å². The normalized spacial score (nSPS) is 55.6. The molecule has 3 fully saturated rings. The summed E-state index contributed by atoms with van der Waals surface area (Å²) < 4.78 is 16.9. The van der Waals surface area contributed by atoms with E-state index in [4.69, 9.17) is 14.2 Å². The Morgan fingerprint density at radius 2 is 1.72 bits per heavy atom. The molecule has 0 radical (unpaired) electrons. The zero-order valence-electron chi connectivity index (χ0n) is 14.6. The molecule has 3 heterocycles. The predicted molar refractivity (Wildman–Crippen MR) is 82.0 cm³/mol. The number of aliphatic hydroxyl groups excluding tert-OH is 2. The number of cyclic esters (lactones) is 1. The average Bonchev–Trinajstić information content (AvgIpc) is 3.20. The van der Waals surface area contributed by atoms with Crippen LogP contribution in [0.5, 0.6) is 0 Å². The van der Waals surface area contributed by atoms with Crippen molar-refractivity contribution in [2.24, 2.45) is 22.7 Å². The van der Waals surface area contributed by atoms with Crippen LogP contribution in [-0.4, -0.2) is 58.8 Å². The molecule has 0 aromatic heterocycles. The molecule has 0 spiro atoms. The molecule has 3 aliphatic heterocycles. The third kappa shape index (κ3) is 1.47. The van der Waals surface area contributed by atoms with Gasteiger partial charge in [-0.2, -0.15) is 0 Å². The van der Waals surface area contributed by atoms with E-state index >= 15 is 0 Å². The number of esters is 2. The second-order valence-corrected chi connectivity index (χ2v) is 8.72. The summed E-state index contributed by atoms with van der Waals surface area (Å²) in [5.74, 6) is -1.55. The molecule has 0 aromatic rings. The third-order valence-corrected chi connectivity index (χ3v) is 7.15. The fourth-order valence-electron chi connectivity index (χ4n) is 5.98. The predicted octanol–water partition coefficient (Wildman–Crippen LogP) is -0.0650. The molecule has 7 heteroatoms. The van der Waals surface area contributed by atoms with Gasteiger partial charge in [-0.3, -0.25) is 4.79 Å². The monoisotopic (exact) mass is 350 g/mol. The summed E-state index contributed by atoms with van der Waals surface area (Å²) in [4.78, 5) is 25.4. The van der Waals surface area contributed by atoms with Gasteiger partial charge in [-0.1, -0.05) is 20.8 Å². The highest BCUT2D eigenvalue weighted by molar-refractivity contribution is 5.96. The van der Waals surface area contributed by atoms with Crippen molar-refractivity contribution in [1.29, 1.82) is 0 Å². The Labute approximate surface area is 144 Å². The number of aliphatic hydroxyl groups is 2. The number of hydrogen-bond donors (Lipinski definition) is 2. The number of carbonyl (C=O) groups excluding carboxylic acids is 2. The number of rotatable bonds is 1. The quantitative estimate of drug-likeness (QED) is 0.504. The number of epoxide rings is 1. The Bertz CT molecular complexity index is 742. The molecule has 9 unspecified atom stereocenters. The summed E-state index contributed by atoms with van der Waals surface area (Å²) in [5, 5.41) is 21.7. The summed E-state index contributed by atoms with van der Waals surface area (Å²) in [5.41, 5.74) is -1.10. The van der Waals surface area contributed by atoms with Crippen LogP contribution in [0.1, 0.15) is 27.7 Å². The SMILES string of the molecule is CC(C)C1OC(=O)C2=C1C(O)C1OC(=O)C3(C)C(O)C4OC4C2(C)C13. The number of hydrogen-bond acceptors (Lipinski definition) is 7. The molecule has 2 N–H and O–H groups in total. The lowest BCUT2D eigenvalue weighted by molar-refractivity contribution is -0.156. The summed E-state index contributed by atoms with van der Waals surface area (Å²) >= 11 is 0. The van der Waals surface area contributed by atoms with E-state index < -0.39 is 59.2 Å². The highest BCUT2D eigenvalue weighted by atomic mass is 16.6. The first-order valence-corrected chi connectivity index (χ1v) is 8.83. The van der Waals surface area contributed by atoms with E-state index in [0.717, 1.165) is 0 Å². The smallest absolute Gasteiger partial charge is 0.335 e. The van der Waals surface area contributed by atoms with Gasteiger partial charge >= 0.3 is 11.9 Å². The molecule has 5 aliphatic rings. The fraction of sp³-hybridized carbons (Fsp3) is 0.778. The molecule has 0 bridgehead atoms. The van der Waals surface area contributed by atoms with E-state index in [1.807, 2.05) is 20.8 Å². The molecule has 2 saturated heterocycles. The molecule has 1 saturated carbocycles. The maximum absolute atomic E-state index is 12.8. The standard InChI is InChI=1S/C18H22O7/c1-5(2)9-6-7(15(21)24-9)17(3)12-10(8(6)19)25-16(22)18(12,4)13(20)11-14(17)23-11/h5,8-14,19-20H,1-4H3. The fourth-order valence-corrected chi connectivity index (χ4v) is 5.98. The van der Waals surface area contributed by atoms with Gasteiger partial charge in [0.15, 0.2) is 0 Å². The van der Waals surface area contributed by atoms with Crippen molar-refractivity contribution in [3.63, 3.8) is 0 Å². The molecule has 136 valence electrons. The van der Waals surface area contributed by atoms with Crippen LogP contribution in [0.4, 0.5) is 0 Å². The first-order valence-electron chi connectivity index (χ1n) is 8.83. The average molecular weight is 350 g/mol. The van der Waals surface area contributed by atoms with Gasteiger partial charge in [0.2, 0.25) is 0 Å². The van der Waals surface area contributed by atoms with E-state index in [-0.39, 0.29) is 12.0 Å². The lowest BCUT2D eigenvalue weighted by atomic mass is 9.48. The molecular formula is C18H22O7. The number of carbonyl (C=O) groups is 2. The van der Waals surface area contributed by atoms with Crippen LogP contribution in [0, 0.1) is 22.7 Å². The van der Waals surface area contributed by atoms with Gasteiger partial charge in [0.05, 0.1) is 17.8 Å². The minimum Gasteiger partial charge on any atom is -0.458 e. The molecule has 0 amide bonds. The molecule has 2 aliphatic carbocycles. The van der Waals surface area contributed by atoms with Crippen molar-refractivity contribution in [3.8, 4) is 0 Å². The lowest BCUT2D eigenvalue weighted by Gasteiger charge is -2.50. The topological polar surface area (TPSA) is 106 Å². The maximum atomic E-state index is 12.8. The number of fused-ring (bicyclic) bond motifs is 3. The molecule has 7 nitrogen and oxygen atoms in total. The van der Waals surface area contributed by atoms with Crippen molar-refractivity contribution in [1.82, 2.24) is 0 Å². The minimum atomic E-state index is -1.22. The van der Waals surface area contributed by atoms with Crippen LogP contribution in [0.15, 0.2) is 11.1 Å². The molecular weight excluding hydrogens is 328 g/mol. The Balaban J connectivity index is 1.77. The van der Waals surface area contributed by atoms with Crippen molar-refractivity contribution in [2.45, 2.75) is 64.3 Å². The highest BCUT2D eigenvalue weighted by Crippen LogP contribution is 2.69. The maximum Gasteiger partial charge on any atom is 0.335 e. The van der Waals surface area contributed by atoms with E-state index in [9.17, 15) is 19.8 Å². The molecule has 9 atom stereocenters. The van der Waals surface area contributed by atoms with Crippen molar-refractivity contribution >= 4 is 11.9 Å². The van der Waals surface area contributed by atoms with Crippen LogP contribution < -0.4 is 0 Å². The van der Waals surface area contributed by atoms with Crippen LogP contribution in [0.3, 0.4) is 0 Å². The Morgan fingerprint density at radius 3 is 2.36 bits per heavy atom. The van der Waals surface area contributed by atoms with Crippen molar-refractivity contribution in [3.05, 3.63) is 11.1 Å². The summed E-state index contributed by atoms with van der Waals surface area (Å²) in [6.45, 7) is 7.37. The molecule has 0 aromatic carbocycles. The molecule has 5 rings (SSSR count). The highest BCUT2D eigenvalue weighted by Gasteiger charge is 2.81. The van der Waals surface area contributed by atoms with E-state index in [0.29, 0.717) is 11.1 Å². The lowest BCUT2D eigenvalue weighted by Crippen LogP contribution is -2.62. The van der Waals surface area contributed by atoms with E-state index in [2.05, 4.69) is 0 Å². The molecule has 25 heavy (non-hydrogen) atoms. The minimum absolute atomic E-state index is 0.0140. The van der Waals surface area contributed by atoms with Gasteiger partial charge in [0.1, 0.15) is 29.8 Å². The number of ether oxygens (including phenoxy) is 3. The Kier molecular flexibility index (Phi) is 2.70. The van der Waals surface area contributed by atoms with E-state index in [1.165, 1.54) is 0 Å². The van der Waals surface area contributed by atoms with Gasteiger partial charge in [-0.25, -0.2) is 4.79 Å². The largest absolute Gasteiger partial charge is 0.458 e. The van der Waals surface area contributed by atoms with Crippen molar-refractivity contribution < 1.29 is 34.0 Å². The van der Waals surface area contributed by atoms with Crippen LogP contribution in [0.25, 0.3) is 0 Å². The van der Waals surface area contributed by atoms with Gasteiger partial charge in [0, 0.05) is 16.9 Å². The van der Waals surface area contributed by atoms with Crippen LogP contribution in [-0.2, 0) is 23.8 Å². The summed E-state index contributed by atoms with van der Waals surface area (Å²) in [6.07, 6.45) is -4.36. The van der Waals surface area contributed by atoms with Crippen molar-refractivity contribution in [2.75, 3.05) is 0 Å². The zero-order chi connectivity index (χ0) is 18.0. The second kappa shape index (κ2) is 4.27. The van der Waals surface area contributed by atoms with Gasteiger partial charge < -0.3 is 24.4 Å². The summed E-state index contributed by atoms with van der Waals surface area (Å²) in [7, 11) is 0. The van der Waals surface area contributed by atoms with Crippen LogP contribution in [0.2, 0.25) is 0 Å². The Hall–Kier alpha value is -1.44. The van der Waals surface area contributed by atoms with Gasteiger partial charge in [-0.15, -0.1) is 0 Å². The first-order chi connectivity index (χ1) is 11.6. The third-order valence-electron chi connectivity index (χ3n) is 7.15. The van der Waals surface area contributed by atoms with E-state index in [1.54, 1.807) is 6.92 Å². The Morgan fingerprint density at radius 1 is 1.04 bits per heavy atom.